The van der Waals surface area contributed by atoms with Gasteiger partial charge in [-0.2, -0.15) is 4.98 Å². The van der Waals surface area contributed by atoms with Crippen molar-refractivity contribution in [2.75, 3.05) is 11.1 Å². The van der Waals surface area contributed by atoms with Crippen LogP contribution < -0.4 is 21.9 Å². The SMILES string of the molecule is Nc1nc(=O)c2nc(CNc3ccc(C(=O)N[C@@H](CCC(=O)O)C(=O)O)cc3)cnc2[nH]1.O=P(O)(O)O.[CaH2]. The average molecular weight is 581 g/mol. The summed E-state index contributed by atoms with van der Waals surface area (Å²) in [5.41, 5.74) is 6.47. The number of amides is 1. The van der Waals surface area contributed by atoms with Crippen LogP contribution in [0.25, 0.3) is 11.2 Å². The molecule has 3 rings (SSSR count). The number of nitrogens with one attached hydrogen (secondary N) is 3. The molecule has 0 spiro atoms. The van der Waals surface area contributed by atoms with Crippen molar-refractivity contribution in [1.82, 2.24) is 25.3 Å². The summed E-state index contributed by atoms with van der Waals surface area (Å²) in [6, 6.07) is 4.86. The Morgan fingerprint density at radius 2 is 1.68 bits per heavy atom. The number of nitrogen functional groups attached to an aromatic ring is 1. The van der Waals surface area contributed by atoms with E-state index in [1.165, 1.54) is 18.3 Å². The van der Waals surface area contributed by atoms with E-state index in [0.29, 0.717) is 11.4 Å². The Hall–Kier alpha value is -3.18. The van der Waals surface area contributed by atoms with Crippen LogP contribution in [0.2, 0.25) is 0 Å². The van der Waals surface area contributed by atoms with Crippen LogP contribution in [0, 0.1) is 0 Å². The van der Waals surface area contributed by atoms with Gasteiger partial charge in [0.15, 0.2) is 11.2 Å². The van der Waals surface area contributed by atoms with Gasteiger partial charge in [0.25, 0.3) is 5.91 Å². The average Bonchev–Trinajstić information content (AvgIpc) is 2.79. The second-order valence-corrected chi connectivity index (χ2v) is 8.25. The van der Waals surface area contributed by atoms with Crippen LogP contribution in [-0.4, -0.2) is 106 Å². The Balaban J connectivity index is 0.00000110. The number of H-pyrrole nitrogens is 1. The van der Waals surface area contributed by atoms with E-state index in [1.54, 1.807) is 12.1 Å². The first-order valence-electron chi connectivity index (χ1n) is 10.1. The molecule has 1 aromatic carbocycles. The number of hydrogen-bond acceptors (Lipinski definition) is 10. The van der Waals surface area contributed by atoms with Gasteiger partial charge in [-0.05, 0) is 30.7 Å². The van der Waals surface area contributed by atoms with Crippen LogP contribution >= 0.6 is 7.82 Å². The number of phosphoric acid groups is 1. The third-order valence-electron chi connectivity index (χ3n) is 4.36. The van der Waals surface area contributed by atoms with Crippen molar-refractivity contribution in [3.63, 3.8) is 0 Å². The van der Waals surface area contributed by atoms with Crippen molar-refractivity contribution < 1.29 is 43.8 Å². The van der Waals surface area contributed by atoms with Gasteiger partial charge in [-0.3, -0.25) is 14.4 Å². The third-order valence-corrected chi connectivity index (χ3v) is 4.36. The Morgan fingerprint density at radius 1 is 1.08 bits per heavy atom. The van der Waals surface area contributed by atoms with Crippen LogP contribution in [0.15, 0.2) is 35.3 Å². The van der Waals surface area contributed by atoms with Crippen molar-refractivity contribution >= 4 is 86.2 Å². The number of hydrogen-bond donors (Lipinski definition) is 9. The number of carboxylic acids is 2. The number of carbonyl (C=O) groups excluding carboxylic acids is 1. The van der Waals surface area contributed by atoms with E-state index in [9.17, 15) is 19.2 Å². The van der Waals surface area contributed by atoms with Gasteiger partial charge >= 0.3 is 63.1 Å². The van der Waals surface area contributed by atoms with E-state index in [2.05, 4.69) is 30.6 Å². The summed E-state index contributed by atoms with van der Waals surface area (Å²) in [6.07, 6.45) is 0.858. The molecule has 0 aliphatic rings. The predicted octanol–water partition coefficient (Wildman–Crippen LogP) is -1.89. The molecule has 17 nitrogen and oxygen atoms in total. The van der Waals surface area contributed by atoms with Crippen LogP contribution in [0.4, 0.5) is 11.6 Å². The van der Waals surface area contributed by atoms with E-state index in [4.69, 9.17) is 35.2 Å². The maximum absolute atomic E-state index is 12.3. The summed E-state index contributed by atoms with van der Waals surface area (Å²) in [4.78, 5) is 82.1. The van der Waals surface area contributed by atoms with Crippen LogP contribution in [0.5, 0.6) is 0 Å². The summed E-state index contributed by atoms with van der Waals surface area (Å²) in [5.74, 6) is -3.16. The quantitative estimate of drug-likeness (QED) is 0.0986. The fraction of sp³-hybridized carbons (Fsp3) is 0.211. The van der Waals surface area contributed by atoms with Crippen LogP contribution in [0.1, 0.15) is 28.9 Å². The minimum atomic E-state index is -4.64. The second-order valence-electron chi connectivity index (χ2n) is 7.23. The number of nitrogens with two attached hydrogens (primary N) is 1. The zero-order valence-electron chi connectivity index (χ0n) is 18.7. The monoisotopic (exact) mass is 581 g/mol. The van der Waals surface area contributed by atoms with Gasteiger partial charge in [-0.1, -0.05) is 0 Å². The molecular weight excluding hydrogens is 557 g/mol. The van der Waals surface area contributed by atoms with Gasteiger partial charge in [-0.15, -0.1) is 0 Å². The van der Waals surface area contributed by atoms with E-state index in [-0.39, 0.29) is 79.8 Å². The van der Waals surface area contributed by atoms with Crippen molar-refractivity contribution in [3.05, 3.63) is 52.1 Å². The number of benzene rings is 1. The zero-order valence-corrected chi connectivity index (χ0v) is 19.6. The molecule has 1 atom stereocenters. The Labute approximate surface area is 242 Å². The summed E-state index contributed by atoms with van der Waals surface area (Å²) in [7, 11) is -4.64. The van der Waals surface area contributed by atoms with Crippen molar-refractivity contribution in [2.45, 2.75) is 25.4 Å². The number of aromatic amines is 1. The van der Waals surface area contributed by atoms with E-state index in [1.807, 2.05) is 0 Å². The number of carbonyl (C=O) groups is 3. The molecule has 10 N–H and O–H groups in total. The molecule has 0 bridgehead atoms. The molecule has 2 aromatic heterocycles. The molecule has 19 heteroatoms. The third kappa shape index (κ3) is 11.5. The van der Waals surface area contributed by atoms with E-state index < -0.39 is 37.3 Å². The predicted molar refractivity (Wildman–Crippen MR) is 135 cm³/mol. The minimum absolute atomic E-state index is 0. The first-order chi connectivity index (χ1) is 17.2. The number of rotatable bonds is 9. The second kappa shape index (κ2) is 14.7. The molecule has 202 valence electrons. The number of nitrogens with zero attached hydrogens (tertiary/aromatic N) is 3. The standard InChI is InChI=1S/C19H19N7O6.Ca.H3O4P.2H/c20-19-25-15-14(17(30)26-19)23-11(8-22-15)7-21-10-3-1-9(2-4-10)16(29)24-12(18(31)32)5-6-13(27)28;;1-5(2,3)4;;/h1-4,8,12,21H,5-7H2,(H,24,29)(H,27,28)(H,31,32)(H3,20,22,25,26,30);;(H3,1,2,3,4);;/t12-;;;;/m0..../s1. The first-order valence-corrected chi connectivity index (χ1v) is 11.7. The molecule has 0 saturated carbocycles. The molecule has 1 amide bonds. The van der Waals surface area contributed by atoms with Gasteiger partial charge in [0.2, 0.25) is 5.95 Å². The maximum atomic E-state index is 12.3. The Morgan fingerprint density at radius 3 is 2.24 bits per heavy atom. The van der Waals surface area contributed by atoms with Gasteiger partial charge in [0, 0.05) is 17.7 Å². The molecule has 0 fully saturated rings. The van der Waals surface area contributed by atoms with Crippen molar-refractivity contribution in [2.24, 2.45) is 0 Å². The summed E-state index contributed by atoms with van der Waals surface area (Å²) < 4.78 is 8.88. The molecule has 0 radical (unpaired) electrons. The number of carboxylic acid groups (broad SMARTS) is 2. The summed E-state index contributed by atoms with van der Waals surface area (Å²) in [5, 5.41) is 23.2. The fourth-order valence-electron chi connectivity index (χ4n) is 2.76. The normalized spacial score (nSPS) is 11.3. The van der Waals surface area contributed by atoms with E-state index in [0.717, 1.165) is 0 Å². The summed E-state index contributed by atoms with van der Waals surface area (Å²) >= 11 is 0. The van der Waals surface area contributed by atoms with Gasteiger partial charge in [0.1, 0.15) is 6.04 Å². The molecule has 0 saturated heterocycles. The zero-order chi connectivity index (χ0) is 27.8. The number of anilines is 2. The Bertz CT molecular complexity index is 1390. The first kappa shape index (κ1) is 32.8. The molecule has 0 aliphatic carbocycles. The molecule has 0 unspecified atom stereocenters. The number of fused-ring (bicyclic) bond motifs is 1. The molecule has 0 aliphatic heterocycles. The molecular formula is C19H24CaN7O10P. The summed E-state index contributed by atoms with van der Waals surface area (Å²) in [6.45, 7) is 0.231. The van der Waals surface area contributed by atoms with Crippen LogP contribution in [0.3, 0.4) is 0 Å². The molecule has 2 heterocycles. The van der Waals surface area contributed by atoms with Crippen molar-refractivity contribution in [1.29, 1.82) is 0 Å². The molecule has 38 heavy (non-hydrogen) atoms. The van der Waals surface area contributed by atoms with Gasteiger partial charge < -0.3 is 46.2 Å². The van der Waals surface area contributed by atoms with E-state index >= 15 is 0 Å². The van der Waals surface area contributed by atoms with Gasteiger partial charge in [0.05, 0.1) is 18.4 Å². The van der Waals surface area contributed by atoms with Gasteiger partial charge in [-0.25, -0.2) is 19.3 Å². The molecule has 3 aromatic rings. The Kier molecular flexibility index (Phi) is 12.7. The number of aliphatic carboxylic acids is 2. The topological polar surface area (TPSA) is 291 Å². The fourth-order valence-corrected chi connectivity index (χ4v) is 2.76. The van der Waals surface area contributed by atoms with Crippen LogP contribution in [-0.2, 0) is 20.7 Å². The van der Waals surface area contributed by atoms with Crippen molar-refractivity contribution in [3.8, 4) is 0 Å². The number of aromatic nitrogens is 4.